The number of hydrogen-bond donors (Lipinski definition) is 1. The van der Waals surface area contributed by atoms with E-state index in [1.165, 1.54) is 6.92 Å². The fourth-order valence-electron chi connectivity index (χ4n) is 1.57. The molecule has 1 rings (SSSR count). The van der Waals surface area contributed by atoms with E-state index in [0.29, 0.717) is 10.4 Å². The first-order chi connectivity index (χ1) is 9.50. The van der Waals surface area contributed by atoms with Crippen LogP contribution in [0.3, 0.4) is 0 Å². The number of benzene rings is 1. The van der Waals surface area contributed by atoms with Crippen LogP contribution in [0.15, 0.2) is 28.0 Å². The molecule has 0 spiro atoms. The maximum atomic E-state index is 13.7. The maximum Gasteiger partial charge on any atom is 0.318 e. The monoisotopic (exact) mass is 339 g/mol. The molecular weight excluding hydrogens is 325 g/mol. The van der Waals surface area contributed by atoms with Gasteiger partial charge in [-0.2, -0.15) is 4.31 Å². The molecule has 21 heavy (non-hydrogen) atoms. The molecule has 1 aromatic carbocycles. The van der Waals surface area contributed by atoms with Gasteiger partial charge >= 0.3 is 5.97 Å². The van der Waals surface area contributed by atoms with E-state index in [2.05, 4.69) is 0 Å². The predicted octanol–water partition coefficient (Wildman–Crippen LogP) is 0.324. The van der Waals surface area contributed by atoms with Gasteiger partial charge in [-0.3, -0.25) is 4.79 Å². The highest BCUT2D eigenvalue weighted by atomic mass is 32.2. The van der Waals surface area contributed by atoms with Crippen molar-refractivity contribution >= 4 is 25.8 Å². The van der Waals surface area contributed by atoms with E-state index in [0.717, 1.165) is 18.4 Å². The van der Waals surface area contributed by atoms with E-state index in [1.54, 1.807) is 0 Å². The molecule has 10 heteroatoms. The van der Waals surface area contributed by atoms with Crippen molar-refractivity contribution in [2.45, 2.75) is 16.7 Å². The molecular formula is C11H14FNO6S2. The number of rotatable bonds is 6. The van der Waals surface area contributed by atoms with E-state index < -0.39 is 43.1 Å². The average molecular weight is 339 g/mol. The molecule has 118 valence electrons. The minimum Gasteiger partial charge on any atom is -0.480 e. The zero-order valence-electron chi connectivity index (χ0n) is 11.3. The standard InChI is InChI=1S/C11H14FNO6S2/c1-3-13(7-11(14)15)21(18,19)10-6-8(20(2,16)17)4-5-9(10)12/h4-6H,3,7H2,1-2H3,(H,14,15). The first kappa shape index (κ1) is 17.5. The number of likely N-dealkylation sites (N-methyl/N-ethyl adjacent to an activating group) is 1. The predicted molar refractivity (Wildman–Crippen MR) is 71.6 cm³/mol. The summed E-state index contributed by atoms with van der Waals surface area (Å²) in [5.41, 5.74) is 0. The lowest BCUT2D eigenvalue weighted by Gasteiger charge is -2.19. The Kier molecular flexibility index (Phi) is 5.07. The fraction of sp³-hybridized carbons (Fsp3) is 0.364. The van der Waals surface area contributed by atoms with Gasteiger partial charge in [-0.15, -0.1) is 0 Å². The van der Waals surface area contributed by atoms with Gasteiger partial charge in [-0.05, 0) is 18.2 Å². The van der Waals surface area contributed by atoms with Gasteiger partial charge in [0.2, 0.25) is 10.0 Å². The molecule has 0 heterocycles. The normalized spacial score (nSPS) is 12.6. The molecule has 0 saturated heterocycles. The Balaban J connectivity index is 3.46. The van der Waals surface area contributed by atoms with Crippen LogP contribution in [-0.2, 0) is 24.7 Å². The Morgan fingerprint density at radius 3 is 2.29 bits per heavy atom. The third-order valence-corrected chi connectivity index (χ3v) is 5.66. The number of sulfone groups is 1. The largest absolute Gasteiger partial charge is 0.480 e. The molecule has 0 saturated carbocycles. The van der Waals surface area contributed by atoms with E-state index in [9.17, 15) is 26.0 Å². The Bertz CT molecular complexity index is 757. The molecule has 0 aliphatic heterocycles. The molecule has 0 fully saturated rings. The number of aliphatic carboxylic acids is 1. The topological polar surface area (TPSA) is 109 Å². The molecule has 0 bridgehead atoms. The van der Waals surface area contributed by atoms with Gasteiger partial charge in [0.05, 0.1) is 4.90 Å². The van der Waals surface area contributed by atoms with Crippen molar-refractivity contribution in [2.24, 2.45) is 0 Å². The summed E-state index contributed by atoms with van der Waals surface area (Å²) in [6, 6.07) is 2.35. The van der Waals surface area contributed by atoms with E-state index in [-0.39, 0.29) is 11.4 Å². The molecule has 0 radical (unpaired) electrons. The van der Waals surface area contributed by atoms with Crippen LogP contribution in [0.4, 0.5) is 4.39 Å². The fourth-order valence-corrected chi connectivity index (χ4v) is 3.78. The lowest BCUT2D eigenvalue weighted by molar-refractivity contribution is -0.137. The highest BCUT2D eigenvalue weighted by Gasteiger charge is 2.29. The van der Waals surface area contributed by atoms with E-state index >= 15 is 0 Å². The molecule has 0 atom stereocenters. The first-order valence-electron chi connectivity index (χ1n) is 5.71. The summed E-state index contributed by atoms with van der Waals surface area (Å²) in [7, 11) is -8.17. The summed E-state index contributed by atoms with van der Waals surface area (Å²) in [4.78, 5) is 9.43. The molecule has 0 aliphatic carbocycles. The molecule has 0 amide bonds. The number of halogens is 1. The van der Waals surface area contributed by atoms with Crippen LogP contribution in [0.25, 0.3) is 0 Å². The van der Waals surface area contributed by atoms with Gasteiger partial charge in [0.25, 0.3) is 0 Å². The van der Waals surface area contributed by atoms with Crippen molar-refractivity contribution in [3.63, 3.8) is 0 Å². The second-order valence-corrected chi connectivity index (χ2v) is 8.11. The second-order valence-electron chi connectivity index (χ2n) is 4.19. The molecule has 1 N–H and O–H groups in total. The molecule has 1 aromatic rings. The van der Waals surface area contributed by atoms with Crippen LogP contribution in [0.2, 0.25) is 0 Å². The Labute approximate surface area is 122 Å². The van der Waals surface area contributed by atoms with Crippen LogP contribution in [0.1, 0.15) is 6.92 Å². The van der Waals surface area contributed by atoms with Crippen molar-refractivity contribution in [3.8, 4) is 0 Å². The van der Waals surface area contributed by atoms with Crippen LogP contribution < -0.4 is 0 Å². The zero-order valence-corrected chi connectivity index (χ0v) is 12.9. The number of carboxylic acid groups (broad SMARTS) is 1. The molecule has 0 unspecified atom stereocenters. The van der Waals surface area contributed by atoms with Crippen LogP contribution in [-0.4, -0.2) is 51.6 Å². The summed E-state index contributed by atoms with van der Waals surface area (Å²) in [6.07, 6.45) is 0.853. The summed E-state index contributed by atoms with van der Waals surface area (Å²) in [6.45, 7) is 0.345. The minimum atomic E-state index is -4.45. The SMILES string of the molecule is CCN(CC(=O)O)S(=O)(=O)c1cc(S(C)(=O)=O)ccc1F. The lowest BCUT2D eigenvalue weighted by Crippen LogP contribution is -2.36. The molecule has 0 aromatic heterocycles. The lowest BCUT2D eigenvalue weighted by atomic mass is 10.3. The molecule has 0 aliphatic rings. The van der Waals surface area contributed by atoms with Crippen LogP contribution >= 0.6 is 0 Å². The highest BCUT2D eigenvalue weighted by molar-refractivity contribution is 7.91. The van der Waals surface area contributed by atoms with Gasteiger partial charge in [0, 0.05) is 12.8 Å². The van der Waals surface area contributed by atoms with Crippen LogP contribution in [0, 0.1) is 5.82 Å². The maximum absolute atomic E-state index is 13.7. The summed E-state index contributed by atoms with van der Waals surface area (Å²) >= 11 is 0. The van der Waals surface area contributed by atoms with Crippen molar-refractivity contribution in [3.05, 3.63) is 24.0 Å². The smallest absolute Gasteiger partial charge is 0.318 e. The number of sulfonamides is 1. The van der Waals surface area contributed by atoms with Crippen molar-refractivity contribution in [1.82, 2.24) is 4.31 Å². The highest BCUT2D eigenvalue weighted by Crippen LogP contribution is 2.22. The minimum absolute atomic E-state index is 0.197. The van der Waals surface area contributed by atoms with Crippen molar-refractivity contribution in [2.75, 3.05) is 19.3 Å². The average Bonchev–Trinajstić information content (AvgIpc) is 2.34. The summed E-state index contributed by atoms with van der Waals surface area (Å²) in [5.74, 6) is -2.55. The van der Waals surface area contributed by atoms with Gasteiger partial charge in [0.1, 0.15) is 17.3 Å². The Morgan fingerprint density at radius 2 is 1.86 bits per heavy atom. The number of carbonyl (C=O) groups is 1. The van der Waals surface area contributed by atoms with Crippen molar-refractivity contribution in [1.29, 1.82) is 0 Å². The van der Waals surface area contributed by atoms with E-state index in [4.69, 9.17) is 5.11 Å². The van der Waals surface area contributed by atoms with Crippen molar-refractivity contribution < 1.29 is 31.1 Å². The second kappa shape index (κ2) is 6.08. The number of nitrogens with zero attached hydrogens (tertiary/aromatic N) is 1. The van der Waals surface area contributed by atoms with Gasteiger partial charge < -0.3 is 5.11 Å². The van der Waals surface area contributed by atoms with Crippen LogP contribution in [0.5, 0.6) is 0 Å². The Hall–Kier alpha value is -1.52. The zero-order chi connectivity index (χ0) is 16.4. The van der Waals surface area contributed by atoms with Gasteiger partial charge in [-0.1, -0.05) is 6.92 Å². The first-order valence-corrected chi connectivity index (χ1v) is 9.05. The third kappa shape index (κ3) is 3.99. The summed E-state index contributed by atoms with van der Waals surface area (Å²) in [5, 5.41) is 8.68. The summed E-state index contributed by atoms with van der Waals surface area (Å²) < 4.78 is 61.6. The van der Waals surface area contributed by atoms with E-state index in [1.807, 2.05) is 0 Å². The molecule has 7 nitrogen and oxygen atoms in total. The number of hydrogen-bond acceptors (Lipinski definition) is 5. The quantitative estimate of drug-likeness (QED) is 0.748. The third-order valence-electron chi connectivity index (χ3n) is 2.61. The van der Waals surface area contributed by atoms with Gasteiger partial charge in [0.15, 0.2) is 9.84 Å². The number of carboxylic acids is 1. The van der Waals surface area contributed by atoms with Gasteiger partial charge in [-0.25, -0.2) is 21.2 Å². The Morgan fingerprint density at radius 1 is 1.29 bits per heavy atom.